The highest BCUT2D eigenvalue weighted by atomic mass is 16.5. The highest BCUT2D eigenvalue weighted by Crippen LogP contribution is 2.44. The SMILES string of the molecule is CCOC(=O)c1c2ccc(C)cc(C)c-2c(C(=O)OC)c1OCC. The van der Waals surface area contributed by atoms with E-state index >= 15 is 0 Å². The Morgan fingerprint density at radius 2 is 1.71 bits per heavy atom. The average molecular weight is 330 g/mol. The van der Waals surface area contributed by atoms with Crippen LogP contribution in [-0.4, -0.2) is 32.3 Å². The highest BCUT2D eigenvalue weighted by molar-refractivity contribution is 6.13. The van der Waals surface area contributed by atoms with Crippen LogP contribution < -0.4 is 4.74 Å². The molecule has 5 heteroatoms. The summed E-state index contributed by atoms with van der Waals surface area (Å²) in [7, 11) is 1.31. The van der Waals surface area contributed by atoms with Crippen LogP contribution in [0.3, 0.4) is 0 Å². The molecule has 0 N–H and O–H groups in total. The molecule has 0 fully saturated rings. The van der Waals surface area contributed by atoms with Crippen molar-refractivity contribution in [1.82, 2.24) is 0 Å². The Morgan fingerprint density at radius 3 is 2.29 bits per heavy atom. The molecule has 0 aliphatic heterocycles. The first-order chi connectivity index (χ1) is 11.5. The van der Waals surface area contributed by atoms with E-state index in [1.807, 2.05) is 32.0 Å². The maximum Gasteiger partial charge on any atom is 0.342 e. The van der Waals surface area contributed by atoms with Crippen molar-refractivity contribution >= 4 is 11.9 Å². The summed E-state index contributed by atoms with van der Waals surface area (Å²) >= 11 is 0. The number of carbonyl (C=O) groups is 2. The number of ether oxygens (including phenoxy) is 3. The van der Waals surface area contributed by atoms with Crippen LogP contribution in [0.2, 0.25) is 0 Å². The van der Waals surface area contributed by atoms with Gasteiger partial charge >= 0.3 is 11.9 Å². The van der Waals surface area contributed by atoms with Gasteiger partial charge in [-0.1, -0.05) is 23.8 Å². The molecule has 0 aromatic rings. The summed E-state index contributed by atoms with van der Waals surface area (Å²) < 4.78 is 15.8. The van der Waals surface area contributed by atoms with E-state index in [2.05, 4.69) is 0 Å². The van der Waals surface area contributed by atoms with Crippen LogP contribution in [-0.2, 0) is 9.47 Å². The Hall–Kier alpha value is -2.56. The quantitative estimate of drug-likeness (QED) is 0.781. The van der Waals surface area contributed by atoms with Gasteiger partial charge in [-0.2, -0.15) is 0 Å². The predicted octanol–water partition coefficient (Wildman–Crippen LogP) is 3.77. The van der Waals surface area contributed by atoms with Crippen LogP contribution in [0.15, 0.2) is 18.2 Å². The topological polar surface area (TPSA) is 61.8 Å². The summed E-state index contributed by atoms with van der Waals surface area (Å²) in [6, 6.07) is 5.67. The molecule has 2 aliphatic rings. The Morgan fingerprint density at radius 1 is 1.00 bits per heavy atom. The molecular formula is C19H22O5. The molecule has 0 heterocycles. The minimum absolute atomic E-state index is 0.227. The third-order valence-electron chi connectivity index (χ3n) is 3.75. The average Bonchev–Trinajstić information content (AvgIpc) is 2.79. The number of methoxy groups -OCH3 is 1. The molecule has 24 heavy (non-hydrogen) atoms. The van der Waals surface area contributed by atoms with Crippen molar-refractivity contribution < 1.29 is 23.8 Å². The number of fused-ring (bicyclic) bond motifs is 1. The van der Waals surface area contributed by atoms with Crippen molar-refractivity contribution in [3.8, 4) is 16.9 Å². The lowest BCUT2D eigenvalue weighted by molar-refractivity contribution is 0.0523. The van der Waals surface area contributed by atoms with E-state index in [9.17, 15) is 9.59 Å². The van der Waals surface area contributed by atoms with Crippen molar-refractivity contribution in [3.05, 3.63) is 40.5 Å². The molecule has 0 aromatic heterocycles. The van der Waals surface area contributed by atoms with E-state index in [1.165, 1.54) is 7.11 Å². The number of hydrogen-bond acceptors (Lipinski definition) is 5. The molecule has 2 aliphatic carbocycles. The minimum Gasteiger partial charge on any atom is -0.492 e. The van der Waals surface area contributed by atoms with Crippen molar-refractivity contribution in [2.45, 2.75) is 27.7 Å². The first kappa shape index (κ1) is 17.8. The van der Waals surface area contributed by atoms with E-state index in [4.69, 9.17) is 14.2 Å². The summed E-state index contributed by atoms with van der Waals surface area (Å²) in [5, 5.41) is 0. The molecule has 0 spiro atoms. The largest absolute Gasteiger partial charge is 0.492 e. The number of esters is 2. The minimum atomic E-state index is -0.536. The van der Waals surface area contributed by atoms with Crippen molar-refractivity contribution in [2.24, 2.45) is 0 Å². The molecular weight excluding hydrogens is 308 g/mol. The van der Waals surface area contributed by atoms with E-state index in [0.29, 0.717) is 17.7 Å². The van der Waals surface area contributed by atoms with E-state index in [0.717, 1.165) is 11.1 Å². The van der Waals surface area contributed by atoms with Gasteiger partial charge in [0.2, 0.25) is 0 Å². The summed E-state index contributed by atoms with van der Waals surface area (Å²) in [4.78, 5) is 24.9. The Balaban J connectivity index is 2.92. The van der Waals surface area contributed by atoms with Crippen molar-refractivity contribution in [2.75, 3.05) is 20.3 Å². The van der Waals surface area contributed by atoms with Gasteiger partial charge in [0.05, 0.1) is 20.3 Å². The van der Waals surface area contributed by atoms with Gasteiger partial charge in [-0.05, 0) is 33.3 Å². The summed E-state index contributed by atoms with van der Waals surface area (Å²) in [6.45, 7) is 7.94. The first-order valence-corrected chi connectivity index (χ1v) is 7.91. The second kappa shape index (κ2) is 7.34. The lowest BCUT2D eigenvalue weighted by Gasteiger charge is -2.08. The normalized spacial score (nSPS) is 10.5. The molecule has 128 valence electrons. The van der Waals surface area contributed by atoms with Crippen LogP contribution in [0.25, 0.3) is 11.1 Å². The van der Waals surface area contributed by atoms with Gasteiger partial charge < -0.3 is 14.2 Å². The molecule has 0 atom stereocenters. The van der Waals surface area contributed by atoms with Gasteiger partial charge in [-0.3, -0.25) is 0 Å². The van der Waals surface area contributed by atoms with Crippen LogP contribution >= 0.6 is 0 Å². The molecule has 5 nitrogen and oxygen atoms in total. The Labute approximate surface area is 141 Å². The second-order valence-corrected chi connectivity index (χ2v) is 5.42. The molecule has 2 rings (SSSR count). The summed E-state index contributed by atoms with van der Waals surface area (Å²) in [5.41, 5.74) is 3.71. The van der Waals surface area contributed by atoms with Crippen LogP contribution in [0, 0.1) is 13.8 Å². The lowest BCUT2D eigenvalue weighted by atomic mass is 10.0. The number of aryl methyl sites for hydroxylation is 2. The fourth-order valence-electron chi connectivity index (χ4n) is 2.86. The number of rotatable bonds is 5. The summed E-state index contributed by atoms with van der Waals surface area (Å²) in [6.07, 6.45) is 0. The summed E-state index contributed by atoms with van der Waals surface area (Å²) in [5.74, 6) is -0.819. The predicted molar refractivity (Wildman–Crippen MR) is 91.0 cm³/mol. The zero-order chi connectivity index (χ0) is 17.9. The Kier molecular flexibility index (Phi) is 5.44. The zero-order valence-corrected chi connectivity index (χ0v) is 14.7. The van der Waals surface area contributed by atoms with Crippen molar-refractivity contribution in [1.29, 1.82) is 0 Å². The molecule has 0 radical (unpaired) electrons. The molecule has 0 saturated carbocycles. The van der Waals surface area contributed by atoms with Crippen molar-refractivity contribution in [3.63, 3.8) is 0 Å². The van der Waals surface area contributed by atoms with Gasteiger partial charge in [0.25, 0.3) is 0 Å². The van der Waals surface area contributed by atoms with Gasteiger partial charge in [0.1, 0.15) is 16.9 Å². The zero-order valence-electron chi connectivity index (χ0n) is 14.7. The molecule has 0 unspecified atom stereocenters. The molecule has 0 aromatic carbocycles. The third-order valence-corrected chi connectivity index (χ3v) is 3.75. The maximum atomic E-state index is 12.5. The molecule has 0 amide bonds. The third kappa shape index (κ3) is 3.07. The van der Waals surface area contributed by atoms with Gasteiger partial charge in [0, 0.05) is 11.1 Å². The standard InChI is InChI=1S/C19H22O5/c1-6-23-17-15(19(21)24-7-2)13-9-8-11(3)10-12(4)14(13)16(17)18(20)22-5/h8-10H,6-7H2,1-5H3. The van der Waals surface area contributed by atoms with Gasteiger partial charge in [-0.25, -0.2) is 9.59 Å². The van der Waals surface area contributed by atoms with E-state index in [1.54, 1.807) is 13.8 Å². The van der Waals surface area contributed by atoms with E-state index in [-0.39, 0.29) is 23.5 Å². The van der Waals surface area contributed by atoms with Gasteiger partial charge in [-0.15, -0.1) is 0 Å². The lowest BCUT2D eigenvalue weighted by Crippen LogP contribution is -2.09. The number of carbonyl (C=O) groups excluding carboxylic acids is 2. The van der Waals surface area contributed by atoms with Crippen LogP contribution in [0.4, 0.5) is 0 Å². The fourth-order valence-corrected chi connectivity index (χ4v) is 2.86. The monoisotopic (exact) mass is 330 g/mol. The molecule has 0 bridgehead atoms. The fraction of sp³-hybridized carbons (Fsp3) is 0.368. The second-order valence-electron chi connectivity index (χ2n) is 5.42. The molecule has 0 saturated heterocycles. The van der Waals surface area contributed by atoms with Gasteiger partial charge in [0.15, 0.2) is 0 Å². The smallest absolute Gasteiger partial charge is 0.342 e. The van der Waals surface area contributed by atoms with Crippen LogP contribution in [0.1, 0.15) is 45.7 Å². The highest BCUT2D eigenvalue weighted by Gasteiger charge is 2.34. The van der Waals surface area contributed by atoms with E-state index < -0.39 is 11.9 Å². The maximum absolute atomic E-state index is 12.5. The Bertz CT molecular complexity index is 748. The number of hydrogen-bond donors (Lipinski definition) is 0. The first-order valence-electron chi connectivity index (χ1n) is 7.91. The van der Waals surface area contributed by atoms with Crippen LogP contribution in [0.5, 0.6) is 5.75 Å².